The molecule has 1 amide bonds. The first-order valence-corrected chi connectivity index (χ1v) is 12.4. The lowest BCUT2D eigenvalue weighted by molar-refractivity contribution is -0.137. The Balaban J connectivity index is 1.56. The van der Waals surface area contributed by atoms with Crippen molar-refractivity contribution in [2.75, 3.05) is 11.1 Å². The molecule has 11 heteroatoms. The van der Waals surface area contributed by atoms with Crippen molar-refractivity contribution in [3.63, 3.8) is 0 Å². The molecule has 0 saturated heterocycles. The van der Waals surface area contributed by atoms with Crippen molar-refractivity contribution in [2.45, 2.75) is 17.8 Å². The summed E-state index contributed by atoms with van der Waals surface area (Å²) in [6.45, 7) is 0. The topological polar surface area (TPSA) is 59.8 Å². The fourth-order valence-electron chi connectivity index (χ4n) is 3.31. The summed E-state index contributed by atoms with van der Waals surface area (Å²) in [6, 6.07) is 20.4. The van der Waals surface area contributed by atoms with Gasteiger partial charge in [0.05, 0.1) is 17.0 Å². The molecule has 0 unspecified atom stereocenters. The first-order chi connectivity index (χ1) is 16.7. The molecular formula is C24H17BrClF3N4OS. The second kappa shape index (κ2) is 10.8. The van der Waals surface area contributed by atoms with E-state index in [1.54, 1.807) is 12.1 Å². The molecule has 4 aromatic rings. The highest BCUT2D eigenvalue weighted by molar-refractivity contribution is 9.10. The van der Waals surface area contributed by atoms with Crippen LogP contribution in [0.25, 0.3) is 5.69 Å². The van der Waals surface area contributed by atoms with Crippen molar-refractivity contribution in [3.8, 4) is 5.69 Å². The predicted octanol–water partition coefficient (Wildman–Crippen LogP) is 7.02. The van der Waals surface area contributed by atoms with E-state index in [9.17, 15) is 18.0 Å². The second-order valence-electron chi connectivity index (χ2n) is 7.40. The van der Waals surface area contributed by atoms with Gasteiger partial charge in [-0.25, -0.2) is 0 Å². The zero-order valence-electron chi connectivity index (χ0n) is 17.9. The lowest BCUT2D eigenvalue weighted by Crippen LogP contribution is -2.18. The molecule has 1 aromatic heterocycles. The number of hydrogen-bond acceptors (Lipinski definition) is 4. The average Bonchev–Trinajstić information content (AvgIpc) is 3.21. The van der Waals surface area contributed by atoms with Crippen molar-refractivity contribution >= 4 is 50.9 Å². The highest BCUT2D eigenvalue weighted by Gasteiger charge is 2.34. The standard InChI is InChI=1S/C24H17BrClF3N4OS/c25-16-6-11-20(19(13-16)24(27,28)29)30-22(34)14-35-23-32-31-21(12-15-4-2-1-3-5-15)33(23)18-9-7-17(26)8-10-18/h1-11,13H,12,14H2,(H,30,34). The Morgan fingerprint density at radius 1 is 1.03 bits per heavy atom. The van der Waals surface area contributed by atoms with Crippen LogP contribution in [0.2, 0.25) is 5.02 Å². The van der Waals surface area contributed by atoms with Gasteiger partial charge >= 0.3 is 6.18 Å². The minimum atomic E-state index is -4.61. The number of thioether (sulfide) groups is 1. The molecule has 35 heavy (non-hydrogen) atoms. The number of carbonyl (C=O) groups is 1. The molecule has 0 bridgehead atoms. The minimum absolute atomic E-state index is 0.162. The third kappa shape index (κ3) is 6.45. The molecule has 0 saturated carbocycles. The molecular weight excluding hydrogens is 565 g/mol. The van der Waals surface area contributed by atoms with E-state index in [0.717, 1.165) is 29.1 Å². The van der Waals surface area contributed by atoms with Crippen LogP contribution in [-0.2, 0) is 17.4 Å². The van der Waals surface area contributed by atoms with Crippen LogP contribution in [0, 0.1) is 0 Å². The Labute approximate surface area is 216 Å². The van der Waals surface area contributed by atoms with Crippen molar-refractivity contribution in [3.05, 3.63) is 99.2 Å². The number of benzene rings is 3. The maximum Gasteiger partial charge on any atom is 0.418 e. The molecule has 0 spiro atoms. The summed E-state index contributed by atoms with van der Waals surface area (Å²) < 4.78 is 42.2. The molecule has 0 fully saturated rings. The van der Waals surface area contributed by atoms with Crippen molar-refractivity contribution in [1.29, 1.82) is 0 Å². The summed E-state index contributed by atoms with van der Waals surface area (Å²) >= 11 is 10.1. The van der Waals surface area contributed by atoms with Crippen LogP contribution < -0.4 is 5.32 Å². The Morgan fingerprint density at radius 2 is 1.74 bits per heavy atom. The third-order valence-electron chi connectivity index (χ3n) is 4.88. The number of aromatic nitrogens is 3. The van der Waals surface area contributed by atoms with Crippen molar-refractivity contribution in [2.24, 2.45) is 0 Å². The first-order valence-electron chi connectivity index (χ1n) is 10.2. The number of hydrogen-bond donors (Lipinski definition) is 1. The number of halogens is 5. The van der Waals surface area contributed by atoms with Gasteiger partial charge < -0.3 is 5.32 Å². The smallest absolute Gasteiger partial charge is 0.325 e. The van der Waals surface area contributed by atoms with E-state index in [-0.39, 0.29) is 15.9 Å². The molecule has 1 N–H and O–H groups in total. The maximum absolute atomic E-state index is 13.4. The second-order valence-corrected chi connectivity index (χ2v) is 9.69. The number of nitrogens with one attached hydrogen (secondary N) is 1. The lowest BCUT2D eigenvalue weighted by Gasteiger charge is -2.14. The molecule has 0 aliphatic rings. The number of amides is 1. The maximum atomic E-state index is 13.4. The van der Waals surface area contributed by atoms with Gasteiger partial charge in [0.25, 0.3) is 0 Å². The quantitative estimate of drug-likeness (QED) is 0.238. The van der Waals surface area contributed by atoms with E-state index in [2.05, 4.69) is 31.4 Å². The zero-order valence-corrected chi connectivity index (χ0v) is 21.0. The number of nitrogens with zero attached hydrogens (tertiary/aromatic N) is 3. The van der Waals surface area contributed by atoms with Gasteiger partial charge in [-0.3, -0.25) is 9.36 Å². The molecule has 0 aliphatic heterocycles. The molecule has 0 atom stereocenters. The van der Waals surface area contributed by atoms with Crippen molar-refractivity contribution < 1.29 is 18.0 Å². The van der Waals surface area contributed by atoms with Crippen LogP contribution in [0.5, 0.6) is 0 Å². The average molecular weight is 582 g/mol. The Kier molecular flexibility index (Phi) is 7.83. The van der Waals surface area contributed by atoms with E-state index in [1.807, 2.05) is 47.0 Å². The van der Waals surface area contributed by atoms with Gasteiger partial charge in [0.1, 0.15) is 5.82 Å². The van der Waals surface area contributed by atoms with E-state index >= 15 is 0 Å². The molecule has 0 aliphatic carbocycles. The molecule has 0 radical (unpaired) electrons. The van der Waals surface area contributed by atoms with Crippen LogP contribution in [0.3, 0.4) is 0 Å². The summed E-state index contributed by atoms with van der Waals surface area (Å²) in [4.78, 5) is 12.6. The zero-order chi connectivity index (χ0) is 25.0. The Bertz CT molecular complexity index is 1330. The van der Waals surface area contributed by atoms with E-state index < -0.39 is 17.6 Å². The van der Waals surface area contributed by atoms with Crippen LogP contribution in [0.1, 0.15) is 17.0 Å². The van der Waals surface area contributed by atoms with E-state index in [4.69, 9.17) is 11.6 Å². The van der Waals surface area contributed by atoms with E-state index in [1.165, 1.54) is 12.1 Å². The van der Waals surface area contributed by atoms with Crippen LogP contribution in [-0.4, -0.2) is 26.4 Å². The minimum Gasteiger partial charge on any atom is -0.325 e. The highest BCUT2D eigenvalue weighted by Crippen LogP contribution is 2.36. The predicted molar refractivity (Wildman–Crippen MR) is 134 cm³/mol. The third-order valence-corrected chi connectivity index (χ3v) is 6.56. The van der Waals surface area contributed by atoms with Gasteiger partial charge in [0.2, 0.25) is 5.91 Å². The number of alkyl halides is 3. The summed E-state index contributed by atoms with van der Waals surface area (Å²) in [5.74, 6) is -0.114. The van der Waals surface area contributed by atoms with Gasteiger partial charge in [-0.05, 0) is 48.0 Å². The van der Waals surface area contributed by atoms with Gasteiger partial charge in [0.15, 0.2) is 5.16 Å². The van der Waals surface area contributed by atoms with Gasteiger partial charge in [0, 0.05) is 21.6 Å². The molecule has 180 valence electrons. The monoisotopic (exact) mass is 580 g/mol. The molecule has 5 nitrogen and oxygen atoms in total. The molecule has 1 heterocycles. The number of carbonyl (C=O) groups excluding carboxylic acids is 1. The van der Waals surface area contributed by atoms with Crippen LogP contribution in [0.15, 0.2) is 82.4 Å². The Hall–Kier alpha value is -2.82. The molecule has 4 rings (SSSR count). The summed E-state index contributed by atoms with van der Waals surface area (Å²) in [5, 5.41) is 11.9. The number of rotatable bonds is 7. The summed E-state index contributed by atoms with van der Waals surface area (Å²) in [6.07, 6.45) is -4.11. The largest absolute Gasteiger partial charge is 0.418 e. The molecule has 3 aromatic carbocycles. The van der Waals surface area contributed by atoms with E-state index in [0.29, 0.717) is 22.4 Å². The lowest BCUT2D eigenvalue weighted by atomic mass is 10.1. The van der Waals surface area contributed by atoms with Crippen LogP contribution in [0.4, 0.5) is 18.9 Å². The highest BCUT2D eigenvalue weighted by atomic mass is 79.9. The van der Waals surface area contributed by atoms with Gasteiger partial charge in [-0.2, -0.15) is 13.2 Å². The summed E-state index contributed by atoms with van der Waals surface area (Å²) in [5.41, 5.74) is 0.537. The fourth-order valence-corrected chi connectivity index (χ4v) is 4.57. The van der Waals surface area contributed by atoms with Gasteiger partial charge in [-0.15, -0.1) is 10.2 Å². The normalized spacial score (nSPS) is 11.5. The van der Waals surface area contributed by atoms with Crippen molar-refractivity contribution in [1.82, 2.24) is 14.8 Å². The van der Waals surface area contributed by atoms with Gasteiger partial charge in [-0.1, -0.05) is 69.6 Å². The Morgan fingerprint density at radius 3 is 2.43 bits per heavy atom. The first kappa shape index (κ1) is 25.3. The number of anilines is 1. The summed E-state index contributed by atoms with van der Waals surface area (Å²) in [7, 11) is 0. The van der Waals surface area contributed by atoms with Crippen LogP contribution >= 0.6 is 39.3 Å². The SMILES string of the molecule is O=C(CSc1nnc(Cc2ccccc2)n1-c1ccc(Cl)cc1)Nc1ccc(Br)cc1C(F)(F)F. The fraction of sp³-hybridized carbons (Fsp3) is 0.125.